The molecule has 8 nitrogen and oxygen atoms in total. The Morgan fingerprint density at radius 2 is 2.13 bits per heavy atom. The van der Waals surface area contributed by atoms with Crippen molar-refractivity contribution in [3.05, 3.63) is 70.0 Å². The maximum Gasteiger partial charge on any atom is 0.290 e. The first-order chi connectivity index (χ1) is 14.5. The van der Waals surface area contributed by atoms with Crippen molar-refractivity contribution in [3.8, 4) is 11.6 Å². The molecular weight excluding hydrogens is 382 g/mol. The van der Waals surface area contributed by atoms with E-state index in [1.807, 2.05) is 31.2 Å². The molecule has 1 fully saturated rings. The summed E-state index contributed by atoms with van der Waals surface area (Å²) in [4.78, 5) is 21.1. The topological polar surface area (TPSA) is 91.2 Å². The number of nitrogens with one attached hydrogen (secondary N) is 1. The number of ether oxygens (including phenoxy) is 2. The molecule has 0 bridgehead atoms. The van der Waals surface area contributed by atoms with E-state index < -0.39 is 0 Å². The van der Waals surface area contributed by atoms with E-state index in [9.17, 15) is 4.79 Å². The minimum atomic E-state index is -0.198. The molecule has 1 aliphatic carbocycles. The van der Waals surface area contributed by atoms with E-state index in [1.54, 1.807) is 32.6 Å². The molecule has 0 aliphatic heterocycles. The van der Waals surface area contributed by atoms with Crippen LogP contribution in [0.3, 0.4) is 0 Å². The average molecular weight is 407 g/mol. The molecule has 3 heterocycles. The quantitative estimate of drug-likeness (QED) is 0.614. The van der Waals surface area contributed by atoms with Crippen molar-refractivity contribution >= 4 is 5.69 Å². The van der Waals surface area contributed by atoms with Gasteiger partial charge < -0.3 is 14.8 Å². The predicted octanol–water partition coefficient (Wildman–Crippen LogP) is 2.68. The normalized spacial score (nSPS) is 17.4. The summed E-state index contributed by atoms with van der Waals surface area (Å²) < 4.78 is 12.4. The van der Waals surface area contributed by atoms with Crippen LogP contribution in [0.1, 0.15) is 29.3 Å². The molecule has 0 spiro atoms. The highest BCUT2D eigenvalue weighted by Gasteiger charge is 2.40. The molecule has 4 rings (SSSR count). The molecule has 0 saturated heterocycles. The van der Waals surface area contributed by atoms with E-state index in [0.29, 0.717) is 36.6 Å². The third-order valence-corrected chi connectivity index (χ3v) is 5.37. The van der Waals surface area contributed by atoms with E-state index in [2.05, 4.69) is 20.4 Å². The lowest BCUT2D eigenvalue weighted by atomic mass is 10.2. The Kier molecular flexibility index (Phi) is 5.65. The summed E-state index contributed by atoms with van der Waals surface area (Å²) in [6.07, 6.45) is 4.52. The zero-order valence-electron chi connectivity index (χ0n) is 17.3. The first-order valence-corrected chi connectivity index (χ1v) is 9.90. The summed E-state index contributed by atoms with van der Waals surface area (Å²) in [5, 5.41) is 7.41. The minimum Gasteiger partial charge on any atom is -0.495 e. The summed E-state index contributed by atoms with van der Waals surface area (Å²) in [5.74, 6) is 1.95. The van der Waals surface area contributed by atoms with Crippen LogP contribution in [0, 0.1) is 12.8 Å². The molecule has 1 aliphatic rings. The van der Waals surface area contributed by atoms with Crippen molar-refractivity contribution in [3.63, 3.8) is 0 Å². The van der Waals surface area contributed by atoms with Gasteiger partial charge in [0, 0.05) is 49.1 Å². The summed E-state index contributed by atoms with van der Waals surface area (Å²) in [6.45, 7) is 2.98. The first-order valence-electron chi connectivity index (χ1n) is 9.90. The second-order valence-electron chi connectivity index (χ2n) is 7.46. The molecule has 30 heavy (non-hydrogen) atoms. The van der Waals surface area contributed by atoms with Gasteiger partial charge in [0.25, 0.3) is 5.56 Å². The lowest BCUT2D eigenvalue weighted by Crippen LogP contribution is -2.24. The van der Waals surface area contributed by atoms with Crippen LogP contribution in [-0.4, -0.2) is 33.5 Å². The molecular formula is C22H25N5O3. The van der Waals surface area contributed by atoms with E-state index in [1.165, 1.54) is 4.68 Å². The molecule has 2 atom stereocenters. The van der Waals surface area contributed by atoms with Crippen molar-refractivity contribution < 1.29 is 9.47 Å². The minimum absolute atomic E-state index is 0.198. The summed E-state index contributed by atoms with van der Waals surface area (Å²) in [7, 11) is 3.25. The fourth-order valence-corrected chi connectivity index (χ4v) is 3.39. The van der Waals surface area contributed by atoms with Crippen LogP contribution in [0.5, 0.6) is 11.6 Å². The number of pyridine rings is 2. The fourth-order valence-electron chi connectivity index (χ4n) is 3.39. The summed E-state index contributed by atoms with van der Waals surface area (Å²) in [6, 6.07) is 9.45. The molecule has 1 N–H and O–H groups in total. The van der Waals surface area contributed by atoms with Gasteiger partial charge in [0.15, 0.2) is 0 Å². The second-order valence-corrected chi connectivity index (χ2v) is 7.46. The summed E-state index contributed by atoms with van der Waals surface area (Å²) >= 11 is 0. The molecule has 2 unspecified atom stereocenters. The Morgan fingerprint density at radius 3 is 2.87 bits per heavy atom. The number of methoxy groups -OCH3 is 1. The number of nitrogens with zero attached hydrogens (tertiary/aromatic N) is 4. The van der Waals surface area contributed by atoms with Crippen molar-refractivity contribution in [2.45, 2.75) is 25.8 Å². The van der Waals surface area contributed by atoms with Gasteiger partial charge in [0.2, 0.25) is 5.88 Å². The maximum absolute atomic E-state index is 12.4. The molecule has 0 aromatic carbocycles. The van der Waals surface area contributed by atoms with Crippen LogP contribution < -0.4 is 20.3 Å². The van der Waals surface area contributed by atoms with E-state index in [0.717, 1.165) is 29.1 Å². The van der Waals surface area contributed by atoms with Gasteiger partial charge in [0.05, 0.1) is 19.9 Å². The molecule has 1 saturated carbocycles. The van der Waals surface area contributed by atoms with Crippen LogP contribution in [0.25, 0.3) is 0 Å². The van der Waals surface area contributed by atoms with Gasteiger partial charge in [-0.15, -0.1) is 5.10 Å². The smallest absolute Gasteiger partial charge is 0.290 e. The first kappa shape index (κ1) is 19.9. The molecule has 156 valence electrons. The highest BCUT2D eigenvalue weighted by molar-refractivity contribution is 5.44. The van der Waals surface area contributed by atoms with Crippen molar-refractivity contribution in [2.24, 2.45) is 13.0 Å². The SMILES string of the molecule is COc1ccc(C2CC2COc2cc(NCc3cccnc3C)c(=O)n(C)n2)nc1. The van der Waals surface area contributed by atoms with Gasteiger partial charge in [-0.25, -0.2) is 4.68 Å². The molecule has 8 heteroatoms. The zero-order valence-corrected chi connectivity index (χ0v) is 17.3. The van der Waals surface area contributed by atoms with Crippen molar-refractivity contribution in [2.75, 3.05) is 19.0 Å². The van der Waals surface area contributed by atoms with Gasteiger partial charge in [-0.3, -0.25) is 14.8 Å². The maximum atomic E-state index is 12.4. The Hall–Kier alpha value is -3.42. The zero-order chi connectivity index (χ0) is 21.1. The van der Waals surface area contributed by atoms with Gasteiger partial charge in [0.1, 0.15) is 11.4 Å². The number of rotatable bonds is 8. The number of anilines is 1. The van der Waals surface area contributed by atoms with Crippen LogP contribution in [-0.2, 0) is 13.6 Å². The van der Waals surface area contributed by atoms with Gasteiger partial charge in [-0.2, -0.15) is 0 Å². The highest BCUT2D eigenvalue weighted by atomic mass is 16.5. The van der Waals surface area contributed by atoms with Crippen molar-refractivity contribution in [1.29, 1.82) is 0 Å². The number of hydrogen-bond acceptors (Lipinski definition) is 7. The number of aromatic nitrogens is 4. The monoisotopic (exact) mass is 407 g/mol. The lowest BCUT2D eigenvalue weighted by molar-refractivity contribution is 0.278. The number of aryl methyl sites for hydroxylation is 2. The number of hydrogen-bond donors (Lipinski definition) is 1. The Morgan fingerprint density at radius 1 is 1.27 bits per heavy atom. The molecule has 0 radical (unpaired) electrons. The van der Waals surface area contributed by atoms with E-state index in [-0.39, 0.29) is 5.56 Å². The average Bonchev–Trinajstić information content (AvgIpc) is 3.54. The fraction of sp³-hybridized carbons (Fsp3) is 0.364. The van der Waals surface area contributed by atoms with E-state index >= 15 is 0 Å². The molecule has 3 aromatic rings. The second kappa shape index (κ2) is 8.52. The lowest BCUT2D eigenvalue weighted by Gasteiger charge is -2.11. The van der Waals surface area contributed by atoms with Crippen LogP contribution in [0.4, 0.5) is 5.69 Å². The third kappa shape index (κ3) is 4.42. The van der Waals surface area contributed by atoms with E-state index in [4.69, 9.17) is 9.47 Å². The van der Waals surface area contributed by atoms with Crippen LogP contribution in [0.2, 0.25) is 0 Å². The van der Waals surface area contributed by atoms with Gasteiger partial charge >= 0.3 is 0 Å². The van der Waals surface area contributed by atoms with Crippen LogP contribution >= 0.6 is 0 Å². The van der Waals surface area contributed by atoms with Crippen molar-refractivity contribution in [1.82, 2.24) is 19.7 Å². The molecule has 0 amide bonds. The van der Waals surface area contributed by atoms with Gasteiger partial charge in [-0.05, 0) is 37.1 Å². The summed E-state index contributed by atoms with van der Waals surface area (Å²) in [5.41, 5.74) is 3.27. The Balaban J connectivity index is 1.38. The standard InChI is InChI=1S/C22H25N5O3/c1-14-15(5-4-8-23-14)11-24-20-10-21(26-27(2)22(20)28)30-13-16-9-18(16)19-7-6-17(29-3)12-25-19/h4-8,10,12,16,18,24H,9,11,13H2,1-3H3. The largest absolute Gasteiger partial charge is 0.495 e. The predicted molar refractivity (Wildman–Crippen MR) is 113 cm³/mol. The Bertz CT molecular complexity index is 1080. The third-order valence-electron chi connectivity index (χ3n) is 5.37. The Labute approximate surface area is 174 Å². The van der Waals surface area contributed by atoms with Gasteiger partial charge in [-0.1, -0.05) is 6.07 Å². The molecule has 3 aromatic heterocycles. The van der Waals surface area contributed by atoms with Crippen LogP contribution in [0.15, 0.2) is 47.5 Å². The highest BCUT2D eigenvalue weighted by Crippen LogP contribution is 2.46.